The van der Waals surface area contributed by atoms with Gasteiger partial charge in [0.05, 0.1) is 5.52 Å². The molecule has 2 aromatic carbocycles. The fourth-order valence-electron chi connectivity index (χ4n) is 3.55. The first-order valence-corrected chi connectivity index (χ1v) is 11.0. The number of rotatable bonds is 7. The zero-order valence-electron chi connectivity index (χ0n) is 16.7. The Bertz CT molecular complexity index is 1150. The van der Waals surface area contributed by atoms with Crippen LogP contribution in [-0.2, 0) is 17.6 Å². The fourth-order valence-corrected chi connectivity index (χ4v) is 4.44. The van der Waals surface area contributed by atoms with Crippen LogP contribution in [0.25, 0.3) is 16.6 Å². The van der Waals surface area contributed by atoms with E-state index in [1.165, 1.54) is 11.1 Å². The van der Waals surface area contributed by atoms with E-state index in [0.29, 0.717) is 12.2 Å². The summed E-state index contributed by atoms with van der Waals surface area (Å²) in [6.45, 7) is 4.22. The Hall–Kier alpha value is -2.86. The van der Waals surface area contributed by atoms with Crippen LogP contribution in [0, 0.1) is 0 Å². The predicted molar refractivity (Wildman–Crippen MR) is 120 cm³/mol. The van der Waals surface area contributed by atoms with E-state index in [4.69, 9.17) is 0 Å². The molecule has 5 nitrogen and oxygen atoms in total. The first kappa shape index (κ1) is 19.5. The second-order valence-electron chi connectivity index (χ2n) is 6.87. The van der Waals surface area contributed by atoms with Crippen LogP contribution in [0.2, 0.25) is 0 Å². The Balaban J connectivity index is 1.46. The number of para-hydroxylation sites is 2. The number of hydrogen-bond acceptors (Lipinski definition) is 4. The Labute approximate surface area is 174 Å². The second kappa shape index (κ2) is 8.66. The minimum absolute atomic E-state index is 0.0341. The largest absolute Gasteiger partial charge is 0.326 e. The van der Waals surface area contributed by atoms with Crippen molar-refractivity contribution in [1.29, 1.82) is 0 Å². The van der Waals surface area contributed by atoms with Crippen LogP contribution < -0.4 is 5.32 Å². The standard InChI is InChI=1S/C23H24N4OS/c1-3-16-9-7-10-17(4-2)22(16)24-21(28)14-15-29-23-26-25-20-13-12-18-8-5-6-11-19(18)27(20)23/h5-13H,3-4,14-15H2,1-2H3,(H,24,28). The number of nitrogens with one attached hydrogen (secondary N) is 1. The molecule has 4 aromatic rings. The molecule has 148 valence electrons. The number of fused-ring (bicyclic) bond motifs is 3. The van der Waals surface area contributed by atoms with Crippen LogP contribution in [-0.4, -0.2) is 26.3 Å². The van der Waals surface area contributed by atoms with Crippen LogP contribution in [0.15, 0.2) is 59.8 Å². The summed E-state index contributed by atoms with van der Waals surface area (Å²) in [5, 5.41) is 13.7. The van der Waals surface area contributed by atoms with Crippen molar-refractivity contribution in [2.24, 2.45) is 0 Å². The third kappa shape index (κ3) is 3.98. The Morgan fingerprint density at radius 1 is 0.966 bits per heavy atom. The molecule has 0 saturated carbocycles. The normalized spacial score (nSPS) is 11.2. The van der Waals surface area contributed by atoms with E-state index < -0.39 is 0 Å². The van der Waals surface area contributed by atoms with Crippen molar-refractivity contribution in [1.82, 2.24) is 14.6 Å². The minimum Gasteiger partial charge on any atom is -0.326 e. The monoisotopic (exact) mass is 404 g/mol. The number of anilines is 1. The average Bonchev–Trinajstić information content (AvgIpc) is 3.17. The summed E-state index contributed by atoms with van der Waals surface area (Å²) in [5.74, 6) is 0.678. The van der Waals surface area contributed by atoms with Crippen LogP contribution in [0.1, 0.15) is 31.4 Å². The quantitative estimate of drug-likeness (QED) is 0.434. The molecule has 0 spiro atoms. The summed E-state index contributed by atoms with van der Waals surface area (Å²) in [7, 11) is 0. The second-order valence-corrected chi connectivity index (χ2v) is 7.94. The van der Waals surface area contributed by atoms with Gasteiger partial charge in [-0.3, -0.25) is 9.20 Å². The molecule has 0 fully saturated rings. The van der Waals surface area contributed by atoms with Gasteiger partial charge in [0.15, 0.2) is 10.8 Å². The predicted octanol–water partition coefficient (Wildman–Crippen LogP) is 5.13. The Kier molecular flexibility index (Phi) is 5.81. The highest BCUT2D eigenvalue weighted by molar-refractivity contribution is 7.99. The number of pyridine rings is 1. The highest BCUT2D eigenvalue weighted by Crippen LogP contribution is 2.25. The number of aromatic nitrogens is 3. The highest BCUT2D eigenvalue weighted by atomic mass is 32.2. The maximum Gasteiger partial charge on any atom is 0.225 e. The van der Waals surface area contributed by atoms with Gasteiger partial charge < -0.3 is 5.32 Å². The van der Waals surface area contributed by atoms with E-state index in [2.05, 4.69) is 70.2 Å². The number of amides is 1. The van der Waals surface area contributed by atoms with Gasteiger partial charge in [-0.05, 0) is 47.6 Å². The van der Waals surface area contributed by atoms with Gasteiger partial charge in [0.2, 0.25) is 5.91 Å². The van der Waals surface area contributed by atoms with Gasteiger partial charge in [-0.1, -0.05) is 62.0 Å². The van der Waals surface area contributed by atoms with Gasteiger partial charge >= 0.3 is 0 Å². The van der Waals surface area contributed by atoms with Crippen LogP contribution in [0.3, 0.4) is 0 Å². The molecule has 0 aliphatic carbocycles. The van der Waals surface area contributed by atoms with Gasteiger partial charge in [0, 0.05) is 17.9 Å². The maximum atomic E-state index is 12.6. The Morgan fingerprint density at radius 2 is 1.72 bits per heavy atom. The summed E-state index contributed by atoms with van der Waals surface area (Å²) >= 11 is 1.56. The molecule has 29 heavy (non-hydrogen) atoms. The van der Waals surface area contributed by atoms with Gasteiger partial charge in [-0.15, -0.1) is 10.2 Å². The zero-order chi connectivity index (χ0) is 20.2. The fraction of sp³-hybridized carbons (Fsp3) is 0.261. The van der Waals surface area contributed by atoms with E-state index >= 15 is 0 Å². The van der Waals surface area contributed by atoms with Gasteiger partial charge in [0.25, 0.3) is 0 Å². The Morgan fingerprint density at radius 3 is 2.48 bits per heavy atom. The molecule has 0 unspecified atom stereocenters. The molecule has 0 atom stereocenters. The number of carbonyl (C=O) groups is 1. The lowest BCUT2D eigenvalue weighted by Crippen LogP contribution is -2.15. The first-order chi connectivity index (χ1) is 14.2. The van der Waals surface area contributed by atoms with Crippen molar-refractivity contribution in [2.75, 3.05) is 11.1 Å². The van der Waals surface area contributed by atoms with Gasteiger partial charge in [0.1, 0.15) is 0 Å². The summed E-state index contributed by atoms with van der Waals surface area (Å²) in [5.41, 5.74) is 5.23. The number of aryl methyl sites for hydroxylation is 2. The molecular formula is C23H24N4OS. The average molecular weight is 405 g/mol. The lowest BCUT2D eigenvalue weighted by atomic mass is 10.0. The number of benzene rings is 2. The molecule has 2 aromatic heterocycles. The minimum atomic E-state index is 0.0341. The molecular weight excluding hydrogens is 380 g/mol. The third-order valence-corrected chi connectivity index (χ3v) is 6.00. The van der Waals surface area contributed by atoms with E-state index in [9.17, 15) is 4.79 Å². The zero-order valence-corrected chi connectivity index (χ0v) is 17.5. The van der Waals surface area contributed by atoms with Gasteiger partial charge in [-0.25, -0.2) is 0 Å². The highest BCUT2D eigenvalue weighted by Gasteiger charge is 2.12. The van der Waals surface area contributed by atoms with E-state index in [-0.39, 0.29) is 5.91 Å². The van der Waals surface area contributed by atoms with Gasteiger partial charge in [-0.2, -0.15) is 0 Å². The van der Waals surface area contributed by atoms with Crippen molar-refractivity contribution in [3.63, 3.8) is 0 Å². The lowest BCUT2D eigenvalue weighted by Gasteiger charge is -2.14. The van der Waals surface area contributed by atoms with E-state index in [1.807, 2.05) is 18.2 Å². The molecule has 0 aliphatic rings. The topological polar surface area (TPSA) is 59.3 Å². The first-order valence-electron chi connectivity index (χ1n) is 9.97. The summed E-state index contributed by atoms with van der Waals surface area (Å²) < 4.78 is 2.06. The lowest BCUT2D eigenvalue weighted by molar-refractivity contribution is -0.115. The maximum absolute atomic E-state index is 12.6. The van der Waals surface area contributed by atoms with Crippen molar-refractivity contribution in [3.05, 3.63) is 65.7 Å². The number of hydrogen-bond donors (Lipinski definition) is 1. The summed E-state index contributed by atoms with van der Waals surface area (Å²) in [4.78, 5) is 12.6. The summed E-state index contributed by atoms with van der Waals surface area (Å²) in [6.07, 6.45) is 2.22. The molecule has 0 saturated heterocycles. The van der Waals surface area contributed by atoms with E-state index in [1.54, 1.807) is 11.8 Å². The SMILES string of the molecule is CCc1cccc(CC)c1NC(=O)CCSc1nnc2ccc3ccccc3n12. The molecule has 0 radical (unpaired) electrons. The van der Waals surface area contributed by atoms with Crippen LogP contribution in [0.5, 0.6) is 0 Å². The molecule has 1 amide bonds. The number of nitrogens with zero attached hydrogens (tertiary/aromatic N) is 3. The van der Waals surface area contributed by atoms with Crippen molar-refractivity contribution >= 4 is 39.9 Å². The molecule has 6 heteroatoms. The van der Waals surface area contributed by atoms with Crippen LogP contribution >= 0.6 is 11.8 Å². The van der Waals surface area contributed by atoms with E-state index in [0.717, 1.165) is 40.2 Å². The number of carbonyl (C=O) groups excluding carboxylic acids is 1. The number of thioether (sulfide) groups is 1. The summed E-state index contributed by atoms with van der Waals surface area (Å²) in [6, 6.07) is 18.4. The van der Waals surface area contributed by atoms with Crippen LogP contribution in [0.4, 0.5) is 5.69 Å². The van der Waals surface area contributed by atoms with Crippen molar-refractivity contribution in [2.45, 2.75) is 38.3 Å². The molecule has 0 aliphatic heterocycles. The molecule has 2 heterocycles. The third-order valence-electron chi connectivity index (χ3n) is 5.07. The molecule has 0 bridgehead atoms. The van der Waals surface area contributed by atoms with Crippen molar-refractivity contribution < 1.29 is 4.79 Å². The molecule has 4 rings (SSSR count). The van der Waals surface area contributed by atoms with Crippen molar-refractivity contribution in [3.8, 4) is 0 Å². The molecule has 1 N–H and O–H groups in total. The smallest absolute Gasteiger partial charge is 0.225 e.